The van der Waals surface area contributed by atoms with E-state index in [4.69, 9.17) is 27.4 Å². The summed E-state index contributed by atoms with van der Waals surface area (Å²) in [6.45, 7) is 1.42. The minimum absolute atomic E-state index is 0.0186. The summed E-state index contributed by atoms with van der Waals surface area (Å²) in [7, 11) is 0. The van der Waals surface area contributed by atoms with Gasteiger partial charge in [-0.15, -0.1) is 0 Å². The maximum atomic E-state index is 13.4. The molecule has 39 heavy (non-hydrogen) atoms. The molecule has 2 rings (SSSR count). The first-order valence-electron chi connectivity index (χ1n) is 12.1. The van der Waals surface area contributed by atoms with Gasteiger partial charge in [0.1, 0.15) is 18.1 Å². The standard InChI is InChI=1S/C24H34N8O7/c1-12(23(38)39)30-21(36)17(7-4-8-28-24(26)27)31-22(37)18(32-20(35)15(25)10-19(33)34)9-13-11-29-16-6-3-2-5-14(13)16/h2-3,5-6,11-12,15,17-18,29H,4,7-10,25H2,1H3,(H,30,36)(H,31,37)(H,32,35)(H,33,34)(H,38,39)(H4,26,27,28). The first-order valence-corrected chi connectivity index (χ1v) is 12.1. The minimum atomic E-state index is -1.42. The Morgan fingerprint density at radius 1 is 0.974 bits per heavy atom. The van der Waals surface area contributed by atoms with E-state index in [1.807, 2.05) is 18.2 Å². The summed E-state index contributed by atoms with van der Waals surface area (Å²) in [5, 5.41) is 26.3. The molecule has 4 atom stereocenters. The maximum Gasteiger partial charge on any atom is 0.325 e. The fourth-order valence-electron chi connectivity index (χ4n) is 3.71. The van der Waals surface area contributed by atoms with Gasteiger partial charge >= 0.3 is 11.9 Å². The summed E-state index contributed by atoms with van der Waals surface area (Å²) in [4.78, 5) is 68.0. The Hall–Kier alpha value is -4.66. The number of aliphatic imine (C=N–C) groups is 1. The van der Waals surface area contributed by atoms with E-state index >= 15 is 0 Å². The van der Waals surface area contributed by atoms with Crippen LogP contribution in [0.1, 0.15) is 31.7 Å². The number of amides is 3. The lowest BCUT2D eigenvalue weighted by Crippen LogP contribution is -2.57. The molecule has 15 nitrogen and oxygen atoms in total. The summed E-state index contributed by atoms with van der Waals surface area (Å²) in [5.74, 6) is -5.11. The third-order valence-corrected chi connectivity index (χ3v) is 5.77. The number of carbonyl (C=O) groups excluding carboxylic acids is 3. The molecular weight excluding hydrogens is 512 g/mol. The van der Waals surface area contributed by atoms with E-state index in [1.54, 1.807) is 12.3 Å². The topological polar surface area (TPSA) is 268 Å². The van der Waals surface area contributed by atoms with Crippen molar-refractivity contribution in [3.05, 3.63) is 36.0 Å². The smallest absolute Gasteiger partial charge is 0.325 e. The molecule has 1 heterocycles. The second kappa shape index (κ2) is 14.3. The number of H-pyrrole nitrogens is 1. The first kappa shape index (κ1) is 30.6. The molecule has 0 radical (unpaired) electrons. The summed E-state index contributed by atoms with van der Waals surface area (Å²) in [6, 6.07) is 2.18. The van der Waals surface area contributed by atoms with Gasteiger partial charge in [-0.05, 0) is 31.4 Å². The number of benzene rings is 1. The van der Waals surface area contributed by atoms with Crippen molar-refractivity contribution in [2.75, 3.05) is 6.54 Å². The van der Waals surface area contributed by atoms with Crippen molar-refractivity contribution < 1.29 is 34.2 Å². The number of rotatable bonds is 15. The lowest BCUT2D eigenvalue weighted by molar-refractivity contribution is -0.141. The summed E-state index contributed by atoms with van der Waals surface area (Å²) in [6.07, 6.45) is 1.31. The van der Waals surface area contributed by atoms with Crippen molar-refractivity contribution in [1.29, 1.82) is 0 Å². The molecule has 12 N–H and O–H groups in total. The Kier molecular flexibility index (Phi) is 11.2. The van der Waals surface area contributed by atoms with Crippen LogP contribution < -0.4 is 33.2 Å². The quantitative estimate of drug-likeness (QED) is 0.0681. The van der Waals surface area contributed by atoms with Crippen LogP contribution in [0.15, 0.2) is 35.5 Å². The number of hydrogen-bond acceptors (Lipinski definition) is 7. The molecule has 1 aromatic carbocycles. The fraction of sp³-hybridized carbons (Fsp3) is 0.417. The number of carboxylic acids is 2. The molecule has 0 spiro atoms. The molecule has 0 aliphatic heterocycles. The zero-order valence-electron chi connectivity index (χ0n) is 21.3. The van der Waals surface area contributed by atoms with Gasteiger partial charge in [-0.3, -0.25) is 29.0 Å². The SMILES string of the molecule is CC(NC(=O)C(CCCN=C(N)N)NC(=O)C(Cc1c[nH]c2ccccc12)NC(=O)C(N)CC(=O)O)C(=O)O. The Labute approximate surface area is 223 Å². The van der Waals surface area contributed by atoms with Crippen LogP contribution in [0, 0.1) is 0 Å². The minimum Gasteiger partial charge on any atom is -0.481 e. The zero-order valence-corrected chi connectivity index (χ0v) is 21.3. The molecule has 212 valence electrons. The van der Waals surface area contributed by atoms with Crippen molar-refractivity contribution in [2.24, 2.45) is 22.2 Å². The normalized spacial score (nSPS) is 13.9. The molecule has 15 heteroatoms. The second-order valence-corrected chi connectivity index (χ2v) is 8.91. The van der Waals surface area contributed by atoms with Gasteiger partial charge < -0.3 is 48.3 Å². The number of aromatic nitrogens is 1. The summed E-state index contributed by atoms with van der Waals surface area (Å²) >= 11 is 0. The summed E-state index contributed by atoms with van der Waals surface area (Å²) < 4.78 is 0. The van der Waals surface area contributed by atoms with E-state index in [9.17, 15) is 24.0 Å². The monoisotopic (exact) mass is 546 g/mol. The Balaban J connectivity index is 2.29. The largest absolute Gasteiger partial charge is 0.481 e. The van der Waals surface area contributed by atoms with Gasteiger partial charge in [-0.1, -0.05) is 18.2 Å². The van der Waals surface area contributed by atoms with Gasteiger partial charge in [-0.25, -0.2) is 0 Å². The molecule has 3 amide bonds. The number of nitrogens with one attached hydrogen (secondary N) is 4. The van der Waals surface area contributed by atoms with E-state index in [0.29, 0.717) is 5.56 Å². The number of nitrogens with two attached hydrogens (primary N) is 3. The molecule has 2 aromatic rings. The van der Waals surface area contributed by atoms with Crippen LogP contribution in [-0.4, -0.2) is 81.5 Å². The number of fused-ring (bicyclic) bond motifs is 1. The molecular formula is C24H34N8O7. The first-order chi connectivity index (χ1) is 18.4. The number of carboxylic acid groups (broad SMARTS) is 2. The van der Waals surface area contributed by atoms with Gasteiger partial charge in [0, 0.05) is 30.1 Å². The average Bonchev–Trinajstić information content (AvgIpc) is 3.27. The Bertz CT molecular complexity index is 1220. The number of para-hydroxylation sites is 1. The average molecular weight is 547 g/mol. The van der Waals surface area contributed by atoms with Gasteiger partial charge in [0.05, 0.1) is 12.5 Å². The third kappa shape index (κ3) is 9.62. The van der Waals surface area contributed by atoms with Crippen molar-refractivity contribution in [3.8, 4) is 0 Å². The predicted octanol–water partition coefficient (Wildman–Crippen LogP) is -1.88. The molecule has 0 fully saturated rings. The van der Waals surface area contributed by atoms with E-state index in [0.717, 1.165) is 10.9 Å². The van der Waals surface area contributed by atoms with Crippen molar-refractivity contribution in [3.63, 3.8) is 0 Å². The van der Waals surface area contributed by atoms with Crippen molar-refractivity contribution >= 4 is 46.5 Å². The second-order valence-electron chi connectivity index (χ2n) is 8.91. The molecule has 4 unspecified atom stereocenters. The van der Waals surface area contributed by atoms with Crippen LogP contribution in [0.4, 0.5) is 0 Å². The molecule has 0 bridgehead atoms. The maximum absolute atomic E-state index is 13.4. The van der Waals surface area contributed by atoms with E-state index in [-0.39, 0.29) is 31.8 Å². The van der Waals surface area contributed by atoms with Crippen LogP contribution >= 0.6 is 0 Å². The fourth-order valence-corrected chi connectivity index (χ4v) is 3.71. The number of guanidine groups is 1. The predicted molar refractivity (Wildman–Crippen MR) is 141 cm³/mol. The zero-order chi connectivity index (χ0) is 29.1. The van der Waals surface area contributed by atoms with E-state index in [1.165, 1.54) is 6.92 Å². The van der Waals surface area contributed by atoms with Gasteiger partial charge in [0.25, 0.3) is 0 Å². The van der Waals surface area contributed by atoms with Gasteiger partial charge in [-0.2, -0.15) is 0 Å². The van der Waals surface area contributed by atoms with Crippen LogP contribution in [0.2, 0.25) is 0 Å². The van der Waals surface area contributed by atoms with E-state index < -0.39 is 60.2 Å². The summed E-state index contributed by atoms with van der Waals surface area (Å²) in [5.41, 5.74) is 17.8. The van der Waals surface area contributed by atoms with Crippen LogP contribution in [-0.2, 0) is 30.4 Å². The third-order valence-electron chi connectivity index (χ3n) is 5.77. The van der Waals surface area contributed by atoms with Crippen LogP contribution in [0.3, 0.4) is 0 Å². The lowest BCUT2D eigenvalue weighted by Gasteiger charge is -2.24. The number of hydrogen-bond donors (Lipinski definition) is 9. The highest BCUT2D eigenvalue weighted by molar-refractivity contribution is 5.95. The Morgan fingerprint density at radius 2 is 1.62 bits per heavy atom. The number of nitrogens with zero attached hydrogens (tertiary/aromatic N) is 1. The van der Waals surface area contributed by atoms with Gasteiger partial charge in [0.2, 0.25) is 17.7 Å². The van der Waals surface area contributed by atoms with Crippen LogP contribution in [0.5, 0.6) is 0 Å². The lowest BCUT2D eigenvalue weighted by atomic mass is 10.0. The molecule has 0 aliphatic carbocycles. The van der Waals surface area contributed by atoms with Crippen molar-refractivity contribution in [1.82, 2.24) is 20.9 Å². The number of aromatic amines is 1. The van der Waals surface area contributed by atoms with Crippen molar-refractivity contribution in [2.45, 2.75) is 56.8 Å². The van der Waals surface area contributed by atoms with Crippen LogP contribution in [0.25, 0.3) is 10.9 Å². The highest BCUT2D eigenvalue weighted by Crippen LogP contribution is 2.19. The molecule has 1 aromatic heterocycles. The van der Waals surface area contributed by atoms with E-state index in [2.05, 4.69) is 25.9 Å². The Morgan fingerprint density at radius 3 is 2.26 bits per heavy atom. The number of aliphatic carboxylic acids is 2. The highest BCUT2D eigenvalue weighted by atomic mass is 16.4. The molecule has 0 saturated carbocycles. The molecule has 0 aliphatic rings. The number of carbonyl (C=O) groups is 5. The van der Waals surface area contributed by atoms with Gasteiger partial charge in [0.15, 0.2) is 5.96 Å². The molecule has 0 saturated heterocycles. The highest BCUT2D eigenvalue weighted by Gasteiger charge is 2.30.